The Morgan fingerprint density at radius 1 is 1.12 bits per heavy atom. The number of halogens is 2. The molecule has 2 rings (SSSR count). The third-order valence-electron chi connectivity index (χ3n) is 4.86. The Bertz CT molecular complexity index is 577. The molecule has 1 amide bonds. The smallest absolute Gasteiger partial charge is 0.250 e. The molecule has 2 aliphatic rings. The van der Waals surface area contributed by atoms with Crippen LogP contribution in [0.2, 0.25) is 0 Å². The fourth-order valence-electron chi connectivity index (χ4n) is 3.35. The Hall–Kier alpha value is -0.840. The van der Waals surface area contributed by atoms with Gasteiger partial charge in [-0.15, -0.1) is 0 Å². The highest BCUT2D eigenvalue weighted by molar-refractivity contribution is 7.88. The lowest BCUT2D eigenvalue weighted by molar-refractivity contribution is -0.130. The van der Waals surface area contributed by atoms with Gasteiger partial charge in [0.1, 0.15) is 0 Å². The number of alkyl halides is 2. The van der Waals surface area contributed by atoms with E-state index in [2.05, 4.69) is 4.72 Å². The summed E-state index contributed by atoms with van der Waals surface area (Å²) in [6.45, 7) is 1.33. The van der Waals surface area contributed by atoms with Gasteiger partial charge in [0, 0.05) is 45.6 Å². The summed E-state index contributed by atoms with van der Waals surface area (Å²) < 4.78 is 50.8. The Morgan fingerprint density at radius 3 is 2.36 bits per heavy atom. The lowest BCUT2D eigenvalue weighted by Crippen LogP contribution is -2.48. The SMILES string of the molecule is CS(=O)(=O)NCC(=O)N1CCC[C@](O)(CN2CCC(F)(F)CC2)CC1. The summed E-state index contributed by atoms with van der Waals surface area (Å²) in [5, 5.41) is 10.8. The molecule has 0 aromatic heterocycles. The third kappa shape index (κ3) is 6.76. The number of nitrogens with zero attached hydrogens (tertiary/aromatic N) is 2. The zero-order valence-corrected chi connectivity index (χ0v) is 15.3. The number of sulfonamides is 1. The first-order valence-electron chi connectivity index (χ1n) is 8.53. The highest BCUT2D eigenvalue weighted by Gasteiger charge is 2.38. The van der Waals surface area contributed by atoms with Crippen LogP contribution in [0.4, 0.5) is 8.78 Å². The van der Waals surface area contributed by atoms with Crippen LogP contribution in [0.15, 0.2) is 0 Å². The topological polar surface area (TPSA) is 90.0 Å². The fourth-order valence-corrected chi connectivity index (χ4v) is 3.73. The maximum absolute atomic E-state index is 13.2. The molecule has 0 bridgehead atoms. The molecule has 25 heavy (non-hydrogen) atoms. The molecule has 2 fully saturated rings. The molecule has 0 saturated carbocycles. The summed E-state index contributed by atoms with van der Waals surface area (Å²) in [7, 11) is -3.43. The molecule has 1 atom stereocenters. The van der Waals surface area contributed by atoms with Gasteiger partial charge in [-0.1, -0.05) is 0 Å². The van der Waals surface area contributed by atoms with Crippen molar-refractivity contribution in [1.29, 1.82) is 0 Å². The number of rotatable bonds is 5. The van der Waals surface area contributed by atoms with Crippen molar-refractivity contribution in [3.05, 3.63) is 0 Å². The quantitative estimate of drug-likeness (QED) is 0.698. The summed E-state index contributed by atoms with van der Waals surface area (Å²) in [5.41, 5.74) is -1.01. The van der Waals surface area contributed by atoms with Crippen molar-refractivity contribution in [2.75, 3.05) is 45.5 Å². The van der Waals surface area contributed by atoms with Crippen LogP contribution in [0.1, 0.15) is 32.1 Å². The van der Waals surface area contributed by atoms with Crippen LogP contribution < -0.4 is 4.72 Å². The van der Waals surface area contributed by atoms with Crippen molar-refractivity contribution in [1.82, 2.24) is 14.5 Å². The van der Waals surface area contributed by atoms with E-state index in [1.807, 2.05) is 4.90 Å². The van der Waals surface area contributed by atoms with Gasteiger partial charge in [0.05, 0.1) is 18.4 Å². The molecule has 7 nitrogen and oxygen atoms in total. The van der Waals surface area contributed by atoms with Crippen molar-refractivity contribution in [2.24, 2.45) is 0 Å². The van der Waals surface area contributed by atoms with Gasteiger partial charge in [-0.3, -0.25) is 4.79 Å². The highest BCUT2D eigenvalue weighted by atomic mass is 32.2. The van der Waals surface area contributed by atoms with Crippen LogP contribution in [0.5, 0.6) is 0 Å². The van der Waals surface area contributed by atoms with Crippen molar-refractivity contribution >= 4 is 15.9 Å². The summed E-state index contributed by atoms with van der Waals surface area (Å²) in [6.07, 6.45) is 2.04. The van der Waals surface area contributed by atoms with Crippen molar-refractivity contribution in [3.63, 3.8) is 0 Å². The predicted molar refractivity (Wildman–Crippen MR) is 88.8 cm³/mol. The Balaban J connectivity index is 1.84. The summed E-state index contributed by atoms with van der Waals surface area (Å²) >= 11 is 0. The summed E-state index contributed by atoms with van der Waals surface area (Å²) in [5.74, 6) is -2.94. The standard InChI is InChI=1S/C15H27F2N3O4S/c1-25(23,24)18-11-13(21)20-7-2-3-14(22,4-10-20)12-19-8-5-15(16,17)6-9-19/h18,22H,2-12H2,1H3/t14-/m1/s1. The zero-order chi connectivity index (χ0) is 18.7. The second-order valence-electron chi connectivity index (χ2n) is 7.18. The van der Waals surface area contributed by atoms with Crippen LogP contribution in [0.25, 0.3) is 0 Å². The van der Waals surface area contributed by atoms with Gasteiger partial charge in [0.2, 0.25) is 15.9 Å². The van der Waals surface area contributed by atoms with Crippen LogP contribution in [0.3, 0.4) is 0 Å². The second-order valence-corrected chi connectivity index (χ2v) is 9.02. The Labute approximate surface area is 147 Å². The Kier molecular flexibility index (Phi) is 6.40. The lowest BCUT2D eigenvalue weighted by atomic mass is 9.93. The first kappa shape index (κ1) is 20.5. The van der Waals surface area contributed by atoms with Gasteiger partial charge in [-0.05, 0) is 19.3 Å². The molecular formula is C15H27F2N3O4S. The molecular weight excluding hydrogens is 356 g/mol. The third-order valence-corrected chi connectivity index (χ3v) is 5.53. The van der Waals surface area contributed by atoms with E-state index in [1.54, 1.807) is 4.90 Å². The molecule has 0 spiro atoms. The van der Waals surface area contributed by atoms with Gasteiger partial charge in [-0.25, -0.2) is 21.9 Å². The Morgan fingerprint density at radius 2 is 1.76 bits per heavy atom. The number of carbonyl (C=O) groups is 1. The molecule has 2 aliphatic heterocycles. The number of amides is 1. The first-order chi connectivity index (χ1) is 11.5. The van der Waals surface area contributed by atoms with Crippen LogP contribution in [0, 0.1) is 0 Å². The van der Waals surface area contributed by atoms with Gasteiger partial charge in [0.15, 0.2) is 0 Å². The van der Waals surface area contributed by atoms with E-state index in [-0.39, 0.29) is 38.4 Å². The average molecular weight is 383 g/mol. The maximum atomic E-state index is 13.2. The molecule has 0 aromatic rings. The van der Waals surface area contributed by atoms with Gasteiger partial charge in [-0.2, -0.15) is 0 Å². The normalized spacial score (nSPS) is 28.6. The molecule has 0 unspecified atom stereocenters. The number of piperidine rings is 1. The minimum absolute atomic E-state index is 0.190. The number of likely N-dealkylation sites (tertiary alicyclic amines) is 2. The monoisotopic (exact) mass is 383 g/mol. The maximum Gasteiger partial charge on any atom is 0.250 e. The van der Waals surface area contributed by atoms with Crippen LogP contribution in [-0.4, -0.2) is 86.3 Å². The predicted octanol–water partition coefficient (Wildman–Crippen LogP) is 0.0103. The molecule has 0 aromatic carbocycles. The summed E-state index contributed by atoms with van der Waals surface area (Å²) in [6, 6.07) is 0. The van der Waals surface area contributed by atoms with Crippen molar-refractivity contribution in [3.8, 4) is 0 Å². The van der Waals surface area contributed by atoms with E-state index in [0.29, 0.717) is 38.9 Å². The largest absolute Gasteiger partial charge is 0.388 e. The zero-order valence-electron chi connectivity index (χ0n) is 14.5. The molecule has 2 saturated heterocycles. The second kappa shape index (κ2) is 7.81. The van der Waals surface area contributed by atoms with E-state index >= 15 is 0 Å². The highest BCUT2D eigenvalue weighted by Crippen LogP contribution is 2.30. The van der Waals surface area contributed by atoms with Gasteiger partial charge >= 0.3 is 0 Å². The molecule has 146 valence electrons. The van der Waals surface area contributed by atoms with Gasteiger partial charge in [0.25, 0.3) is 5.92 Å². The summed E-state index contributed by atoms with van der Waals surface area (Å²) in [4.78, 5) is 15.5. The minimum Gasteiger partial charge on any atom is -0.388 e. The van der Waals surface area contributed by atoms with Crippen LogP contribution in [-0.2, 0) is 14.8 Å². The number of β-amino-alcohol motifs (C(OH)–C–C–N with tert-alkyl or cyclic N) is 1. The number of hydrogen-bond acceptors (Lipinski definition) is 5. The van der Waals surface area contributed by atoms with E-state index in [1.165, 1.54) is 0 Å². The molecule has 2 heterocycles. The lowest BCUT2D eigenvalue weighted by Gasteiger charge is -2.37. The molecule has 0 aliphatic carbocycles. The minimum atomic E-state index is -3.43. The first-order valence-corrected chi connectivity index (χ1v) is 10.4. The van der Waals surface area contributed by atoms with E-state index in [0.717, 1.165) is 6.26 Å². The van der Waals surface area contributed by atoms with Crippen molar-refractivity contribution in [2.45, 2.75) is 43.6 Å². The van der Waals surface area contributed by atoms with E-state index in [9.17, 15) is 27.1 Å². The molecule has 2 N–H and O–H groups in total. The average Bonchev–Trinajstić information content (AvgIpc) is 2.69. The number of aliphatic hydroxyl groups is 1. The van der Waals surface area contributed by atoms with Crippen LogP contribution >= 0.6 is 0 Å². The number of hydrogen-bond donors (Lipinski definition) is 2. The fraction of sp³-hybridized carbons (Fsp3) is 0.933. The molecule has 0 radical (unpaired) electrons. The van der Waals surface area contributed by atoms with Crippen molar-refractivity contribution < 1.29 is 27.1 Å². The molecule has 10 heteroatoms. The number of nitrogens with one attached hydrogen (secondary N) is 1. The van der Waals surface area contributed by atoms with E-state index < -0.39 is 21.5 Å². The van der Waals surface area contributed by atoms with E-state index in [4.69, 9.17) is 0 Å². The van der Waals surface area contributed by atoms with Gasteiger partial charge < -0.3 is 14.9 Å². The number of carbonyl (C=O) groups excluding carboxylic acids is 1.